The third kappa shape index (κ3) is 1.25. The highest BCUT2D eigenvalue weighted by molar-refractivity contribution is 6.31. The number of rotatable bonds is 1. The maximum atomic E-state index is 5.89. The minimum absolute atomic E-state index is 0.733. The summed E-state index contributed by atoms with van der Waals surface area (Å²) in [5.41, 5.74) is 1.08. The Morgan fingerprint density at radius 1 is 1.46 bits per heavy atom. The van der Waals surface area contributed by atoms with Crippen LogP contribution in [-0.4, -0.2) is 16.8 Å². The van der Waals surface area contributed by atoms with Gasteiger partial charge in [0.15, 0.2) is 5.82 Å². The van der Waals surface area contributed by atoms with Gasteiger partial charge in [-0.1, -0.05) is 11.6 Å². The number of fused-ring (bicyclic) bond motifs is 1. The summed E-state index contributed by atoms with van der Waals surface area (Å²) in [6.07, 6.45) is 0. The van der Waals surface area contributed by atoms with Crippen LogP contribution in [0.2, 0.25) is 5.02 Å². The lowest BCUT2D eigenvalue weighted by molar-refractivity contribution is 0.800. The molecule has 1 N–H and O–H groups in total. The molecule has 4 heteroatoms. The minimum Gasteiger partial charge on any atom is -0.371 e. The number of benzene rings is 1. The maximum Gasteiger partial charge on any atom is 0.155 e. The first kappa shape index (κ1) is 8.38. The monoisotopic (exact) mass is 195 g/mol. The van der Waals surface area contributed by atoms with E-state index in [4.69, 9.17) is 11.6 Å². The Labute approximate surface area is 81.3 Å². The fourth-order valence-electron chi connectivity index (χ4n) is 1.42. The Morgan fingerprint density at radius 3 is 2.92 bits per heavy atom. The fourth-order valence-corrected chi connectivity index (χ4v) is 1.59. The lowest BCUT2D eigenvalue weighted by Crippen LogP contribution is -1.92. The van der Waals surface area contributed by atoms with Crippen LogP contribution in [0.25, 0.3) is 10.9 Å². The Hall–Kier alpha value is -1.22. The molecule has 0 unspecified atom stereocenters. The molecule has 0 bridgehead atoms. The highest BCUT2D eigenvalue weighted by Gasteiger charge is 2.06. The van der Waals surface area contributed by atoms with Gasteiger partial charge in [-0.15, -0.1) is 0 Å². The van der Waals surface area contributed by atoms with Crippen LogP contribution >= 0.6 is 11.6 Å². The SMILES string of the molecule is CNc1nn(C)c2ccc(Cl)cc12. The molecule has 68 valence electrons. The van der Waals surface area contributed by atoms with Crippen LogP contribution in [0.5, 0.6) is 0 Å². The number of nitrogens with zero attached hydrogens (tertiary/aromatic N) is 2. The first-order valence-electron chi connectivity index (χ1n) is 4.02. The summed E-state index contributed by atoms with van der Waals surface area (Å²) in [5.74, 6) is 0.861. The number of halogens is 1. The predicted molar refractivity (Wildman–Crippen MR) is 55.3 cm³/mol. The number of aryl methyl sites for hydroxylation is 1. The Kier molecular flexibility index (Phi) is 1.88. The lowest BCUT2D eigenvalue weighted by atomic mass is 10.2. The minimum atomic E-state index is 0.733. The molecule has 2 rings (SSSR count). The normalized spacial score (nSPS) is 10.7. The molecule has 0 aliphatic carbocycles. The van der Waals surface area contributed by atoms with E-state index in [9.17, 15) is 0 Å². The molecule has 2 aromatic rings. The van der Waals surface area contributed by atoms with Gasteiger partial charge in [0.05, 0.1) is 5.52 Å². The number of anilines is 1. The van der Waals surface area contributed by atoms with Crippen LogP contribution in [0.4, 0.5) is 5.82 Å². The van der Waals surface area contributed by atoms with Crippen molar-refractivity contribution in [1.82, 2.24) is 9.78 Å². The molecule has 1 aromatic heterocycles. The van der Waals surface area contributed by atoms with Gasteiger partial charge in [-0.2, -0.15) is 5.10 Å². The standard InChI is InChI=1S/C9H10ClN3/c1-11-9-7-5-6(10)3-4-8(7)13(2)12-9/h3-5H,1-2H3,(H,11,12). The van der Waals surface area contributed by atoms with Crippen molar-refractivity contribution in [3.05, 3.63) is 23.2 Å². The molecule has 0 aliphatic heterocycles. The quantitative estimate of drug-likeness (QED) is 0.757. The molecule has 0 radical (unpaired) electrons. The second-order valence-corrected chi connectivity index (χ2v) is 3.32. The topological polar surface area (TPSA) is 29.9 Å². The molecular formula is C9H10ClN3. The van der Waals surface area contributed by atoms with Gasteiger partial charge in [-0.3, -0.25) is 4.68 Å². The van der Waals surface area contributed by atoms with Crippen molar-refractivity contribution in [2.24, 2.45) is 7.05 Å². The van der Waals surface area contributed by atoms with E-state index in [2.05, 4.69) is 10.4 Å². The Balaban J connectivity index is 2.81. The number of hydrogen-bond acceptors (Lipinski definition) is 2. The average Bonchev–Trinajstić information content (AvgIpc) is 2.42. The largest absolute Gasteiger partial charge is 0.371 e. The van der Waals surface area contributed by atoms with E-state index in [1.54, 1.807) is 0 Å². The van der Waals surface area contributed by atoms with Crippen molar-refractivity contribution in [2.45, 2.75) is 0 Å². The van der Waals surface area contributed by atoms with Crippen LogP contribution in [0.3, 0.4) is 0 Å². The van der Waals surface area contributed by atoms with Gasteiger partial charge in [-0.25, -0.2) is 0 Å². The van der Waals surface area contributed by atoms with Gasteiger partial charge < -0.3 is 5.32 Å². The van der Waals surface area contributed by atoms with Crippen LogP contribution in [0.1, 0.15) is 0 Å². The Morgan fingerprint density at radius 2 is 2.23 bits per heavy atom. The average molecular weight is 196 g/mol. The first-order chi connectivity index (χ1) is 6.22. The van der Waals surface area contributed by atoms with E-state index < -0.39 is 0 Å². The third-order valence-electron chi connectivity index (χ3n) is 2.05. The molecule has 3 nitrogen and oxygen atoms in total. The summed E-state index contributed by atoms with van der Waals surface area (Å²) in [6.45, 7) is 0. The van der Waals surface area contributed by atoms with Crippen LogP contribution < -0.4 is 5.32 Å². The maximum absolute atomic E-state index is 5.89. The molecule has 0 aliphatic rings. The van der Waals surface area contributed by atoms with E-state index >= 15 is 0 Å². The van der Waals surface area contributed by atoms with Gasteiger partial charge in [0, 0.05) is 24.5 Å². The zero-order chi connectivity index (χ0) is 9.42. The molecule has 13 heavy (non-hydrogen) atoms. The van der Waals surface area contributed by atoms with Crippen molar-refractivity contribution in [2.75, 3.05) is 12.4 Å². The van der Waals surface area contributed by atoms with E-state index in [0.29, 0.717) is 0 Å². The molecule has 0 saturated carbocycles. The summed E-state index contributed by atoms with van der Waals surface area (Å²) in [4.78, 5) is 0. The smallest absolute Gasteiger partial charge is 0.155 e. The molecule has 0 amide bonds. The summed E-state index contributed by atoms with van der Waals surface area (Å²) < 4.78 is 1.83. The highest BCUT2D eigenvalue weighted by atomic mass is 35.5. The summed E-state index contributed by atoms with van der Waals surface area (Å²) in [5, 5.41) is 9.11. The van der Waals surface area contributed by atoms with E-state index in [1.807, 2.05) is 37.0 Å². The van der Waals surface area contributed by atoms with Gasteiger partial charge in [0.1, 0.15) is 0 Å². The van der Waals surface area contributed by atoms with Crippen molar-refractivity contribution in [3.8, 4) is 0 Å². The zero-order valence-corrected chi connectivity index (χ0v) is 8.26. The second-order valence-electron chi connectivity index (χ2n) is 2.88. The summed E-state index contributed by atoms with van der Waals surface area (Å²) in [7, 11) is 3.76. The van der Waals surface area contributed by atoms with Gasteiger partial charge >= 0.3 is 0 Å². The lowest BCUT2D eigenvalue weighted by Gasteiger charge is -1.94. The molecule has 1 aromatic carbocycles. The summed E-state index contributed by atoms with van der Waals surface area (Å²) >= 11 is 5.89. The van der Waals surface area contributed by atoms with Crippen LogP contribution in [-0.2, 0) is 7.05 Å². The van der Waals surface area contributed by atoms with E-state index in [0.717, 1.165) is 21.7 Å². The first-order valence-corrected chi connectivity index (χ1v) is 4.40. The zero-order valence-electron chi connectivity index (χ0n) is 7.50. The number of hydrogen-bond donors (Lipinski definition) is 1. The highest BCUT2D eigenvalue weighted by Crippen LogP contribution is 2.24. The molecule has 0 atom stereocenters. The van der Waals surface area contributed by atoms with Gasteiger partial charge in [-0.05, 0) is 18.2 Å². The van der Waals surface area contributed by atoms with Crippen molar-refractivity contribution >= 4 is 28.3 Å². The molecular weight excluding hydrogens is 186 g/mol. The fraction of sp³-hybridized carbons (Fsp3) is 0.222. The van der Waals surface area contributed by atoms with Crippen molar-refractivity contribution < 1.29 is 0 Å². The molecule has 0 fully saturated rings. The number of aromatic nitrogens is 2. The molecule has 1 heterocycles. The van der Waals surface area contributed by atoms with Crippen molar-refractivity contribution in [1.29, 1.82) is 0 Å². The van der Waals surface area contributed by atoms with Crippen LogP contribution in [0, 0.1) is 0 Å². The second kappa shape index (κ2) is 2.92. The van der Waals surface area contributed by atoms with Crippen LogP contribution in [0.15, 0.2) is 18.2 Å². The molecule has 0 spiro atoms. The number of nitrogens with one attached hydrogen (secondary N) is 1. The predicted octanol–water partition coefficient (Wildman–Crippen LogP) is 2.27. The van der Waals surface area contributed by atoms with E-state index in [1.165, 1.54) is 0 Å². The van der Waals surface area contributed by atoms with Gasteiger partial charge in [0.2, 0.25) is 0 Å². The summed E-state index contributed by atoms with van der Waals surface area (Å²) in [6, 6.07) is 5.74. The van der Waals surface area contributed by atoms with Gasteiger partial charge in [0.25, 0.3) is 0 Å². The third-order valence-corrected chi connectivity index (χ3v) is 2.28. The van der Waals surface area contributed by atoms with E-state index in [-0.39, 0.29) is 0 Å². The molecule has 0 saturated heterocycles. The Bertz CT molecular complexity index is 447. The van der Waals surface area contributed by atoms with Crippen molar-refractivity contribution in [3.63, 3.8) is 0 Å².